The highest BCUT2D eigenvalue weighted by Gasteiger charge is 2.13. The topological polar surface area (TPSA) is 99.1 Å². The van der Waals surface area contributed by atoms with Gasteiger partial charge in [0.05, 0.1) is 11.3 Å². The number of nitriles is 1. The highest BCUT2D eigenvalue weighted by atomic mass is 35.5. The lowest BCUT2D eigenvalue weighted by molar-refractivity contribution is 0.0694. The van der Waals surface area contributed by atoms with Gasteiger partial charge in [-0.1, -0.05) is 6.07 Å². The maximum absolute atomic E-state index is 10.9. The Labute approximate surface area is 143 Å². The Morgan fingerprint density at radius 3 is 2.58 bits per heavy atom. The summed E-state index contributed by atoms with van der Waals surface area (Å²) < 4.78 is 1.65. The summed E-state index contributed by atoms with van der Waals surface area (Å²) in [4.78, 5) is 15.2. The maximum atomic E-state index is 10.9. The molecule has 0 fully saturated rings. The van der Waals surface area contributed by atoms with Crippen molar-refractivity contribution in [2.45, 2.75) is 0 Å². The molecule has 6 nitrogen and oxygen atoms in total. The SMILES string of the molecule is Cl.N#Cc1cn(-c2ccc(C(=O)O)c(O)c2)cc1-c1ccccn1. The van der Waals surface area contributed by atoms with Crippen LogP contribution in [0.4, 0.5) is 0 Å². The summed E-state index contributed by atoms with van der Waals surface area (Å²) in [6.45, 7) is 0. The predicted molar refractivity (Wildman–Crippen MR) is 89.6 cm³/mol. The number of carboxylic acids is 1. The van der Waals surface area contributed by atoms with Gasteiger partial charge >= 0.3 is 5.97 Å². The molecule has 0 aliphatic carbocycles. The number of aromatic hydroxyl groups is 1. The van der Waals surface area contributed by atoms with Gasteiger partial charge in [0, 0.05) is 35.9 Å². The Morgan fingerprint density at radius 1 is 1.21 bits per heavy atom. The molecule has 2 N–H and O–H groups in total. The molecular formula is C17H12ClN3O3. The number of phenols is 1. The Balaban J connectivity index is 0.00000208. The molecule has 0 radical (unpaired) electrons. The number of carbonyl (C=O) groups is 1. The average molecular weight is 342 g/mol. The fourth-order valence-corrected chi connectivity index (χ4v) is 2.28. The van der Waals surface area contributed by atoms with Crippen LogP contribution >= 0.6 is 12.4 Å². The van der Waals surface area contributed by atoms with E-state index in [1.807, 2.05) is 6.07 Å². The van der Waals surface area contributed by atoms with Crippen molar-refractivity contribution in [3.8, 4) is 28.8 Å². The lowest BCUT2D eigenvalue weighted by Crippen LogP contribution is -1.98. The third kappa shape index (κ3) is 3.07. The van der Waals surface area contributed by atoms with Crippen molar-refractivity contribution >= 4 is 18.4 Å². The zero-order chi connectivity index (χ0) is 16.4. The van der Waals surface area contributed by atoms with Gasteiger partial charge in [-0.3, -0.25) is 4.98 Å². The standard InChI is InChI=1S/C17H11N3O3.ClH/c18-8-11-9-20(10-14(11)15-3-1-2-6-19-15)12-4-5-13(17(22)23)16(21)7-12;/h1-7,9-10,21H,(H,22,23);1H. The molecule has 2 heterocycles. The summed E-state index contributed by atoms with van der Waals surface area (Å²) in [7, 11) is 0. The Hall–Kier alpha value is -3.30. The quantitative estimate of drug-likeness (QED) is 0.761. The number of hydrogen-bond acceptors (Lipinski definition) is 4. The van der Waals surface area contributed by atoms with Crippen molar-refractivity contribution in [3.05, 3.63) is 66.1 Å². The minimum Gasteiger partial charge on any atom is -0.507 e. The van der Waals surface area contributed by atoms with Crippen molar-refractivity contribution in [2.75, 3.05) is 0 Å². The van der Waals surface area contributed by atoms with E-state index in [1.54, 1.807) is 41.4 Å². The zero-order valence-electron chi connectivity index (χ0n) is 12.2. The molecule has 7 heteroatoms. The Bertz CT molecular complexity index is 930. The lowest BCUT2D eigenvalue weighted by Gasteiger charge is -2.05. The summed E-state index contributed by atoms with van der Waals surface area (Å²) in [6.07, 6.45) is 4.97. The van der Waals surface area contributed by atoms with Crippen LogP contribution in [0.15, 0.2) is 55.0 Å². The molecule has 2 aromatic heterocycles. The summed E-state index contributed by atoms with van der Waals surface area (Å²) in [5.74, 6) is -1.53. The smallest absolute Gasteiger partial charge is 0.339 e. The number of pyridine rings is 1. The van der Waals surface area contributed by atoms with Crippen molar-refractivity contribution < 1.29 is 15.0 Å². The van der Waals surface area contributed by atoms with Crippen LogP contribution < -0.4 is 0 Å². The van der Waals surface area contributed by atoms with Gasteiger partial charge in [0.25, 0.3) is 0 Å². The molecule has 0 saturated heterocycles. The van der Waals surface area contributed by atoms with Gasteiger partial charge in [-0.25, -0.2) is 4.79 Å². The first-order chi connectivity index (χ1) is 11.1. The molecule has 0 amide bonds. The average Bonchev–Trinajstić information content (AvgIpc) is 2.99. The second-order valence-corrected chi connectivity index (χ2v) is 4.83. The molecule has 3 aromatic rings. The lowest BCUT2D eigenvalue weighted by atomic mass is 10.1. The molecule has 24 heavy (non-hydrogen) atoms. The Morgan fingerprint density at radius 2 is 2.00 bits per heavy atom. The summed E-state index contributed by atoms with van der Waals surface area (Å²) in [6, 6.07) is 11.7. The molecule has 0 atom stereocenters. The number of aromatic nitrogens is 2. The van der Waals surface area contributed by atoms with E-state index in [4.69, 9.17) is 5.11 Å². The molecule has 0 unspecified atom stereocenters. The van der Waals surface area contributed by atoms with Gasteiger partial charge in [0.1, 0.15) is 17.4 Å². The molecule has 0 spiro atoms. The van der Waals surface area contributed by atoms with Crippen LogP contribution in [0.25, 0.3) is 16.9 Å². The number of aromatic carboxylic acids is 1. The van der Waals surface area contributed by atoms with E-state index in [-0.39, 0.29) is 23.7 Å². The van der Waals surface area contributed by atoms with E-state index >= 15 is 0 Å². The van der Waals surface area contributed by atoms with Crippen molar-refractivity contribution in [1.82, 2.24) is 9.55 Å². The van der Waals surface area contributed by atoms with Crippen LogP contribution in [0.2, 0.25) is 0 Å². The van der Waals surface area contributed by atoms with Crippen LogP contribution in [0.1, 0.15) is 15.9 Å². The number of halogens is 1. The van der Waals surface area contributed by atoms with E-state index in [2.05, 4.69) is 11.1 Å². The normalized spacial score (nSPS) is 9.79. The van der Waals surface area contributed by atoms with Crippen LogP contribution in [0, 0.1) is 11.3 Å². The summed E-state index contributed by atoms with van der Waals surface area (Å²) in [5, 5.41) is 28.0. The third-order valence-corrected chi connectivity index (χ3v) is 3.40. The largest absolute Gasteiger partial charge is 0.507 e. The van der Waals surface area contributed by atoms with Crippen molar-refractivity contribution in [1.29, 1.82) is 5.26 Å². The van der Waals surface area contributed by atoms with E-state index < -0.39 is 5.97 Å². The first-order valence-corrected chi connectivity index (χ1v) is 6.70. The number of carboxylic acid groups (broad SMARTS) is 1. The highest BCUT2D eigenvalue weighted by Crippen LogP contribution is 2.27. The molecule has 3 rings (SSSR count). The van der Waals surface area contributed by atoms with Crippen LogP contribution in [0.5, 0.6) is 5.75 Å². The van der Waals surface area contributed by atoms with E-state index in [0.29, 0.717) is 22.5 Å². The molecule has 120 valence electrons. The first-order valence-electron chi connectivity index (χ1n) is 6.70. The van der Waals surface area contributed by atoms with E-state index in [1.165, 1.54) is 12.1 Å². The van der Waals surface area contributed by atoms with Crippen molar-refractivity contribution in [3.63, 3.8) is 0 Å². The predicted octanol–water partition coefficient (Wildman–Crippen LogP) is 3.24. The molecule has 0 bridgehead atoms. The summed E-state index contributed by atoms with van der Waals surface area (Å²) in [5.41, 5.74) is 2.13. The molecular weight excluding hydrogens is 330 g/mol. The number of benzene rings is 1. The van der Waals surface area contributed by atoms with Gasteiger partial charge < -0.3 is 14.8 Å². The van der Waals surface area contributed by atoms with Gasteiger partial charge in [-0.2, -0.15) is 5.26 Å². The number of nitrogens with zero attached hydrogens (tertiary/aromatic N) is 3. The zero-order valence-corrected chi connectivity index (χ0v) is 13.1. The maximum Gasteiger partial charge on any atom is 0.339 e. The fourth-order valence-electron chi connectivity index (χ4n) is 2.28. The van der Waals surface area contributed by atoms with Gasteiger partial charge in [-0.05, 0) is 24.3 Å². The monoisotopic (exact) mass is 341 g/mol. The van der Waals surface area contributed by atoms with Gasteiger partial charge in [0.2, 0.25) is 0 Å². The van der Waals surface area contributed by atoms with E-state index in [9.17, 15) is 15.2 Å². The molecule has 0 saturated carbocycles. The van der Waals surface area contributed by atoms with E-state index in [0.717, 1.165) is 0 Å². The van der Waals surface area contributed by atoms with Crippen molar-refractivity contribution in [2.24, 2.45) is 0 Å². The van der Waals surface area contributed by atoms with Gasteiger partial charge in [0.15, 0.2) is 0 Å². The molecule has 0 aliphatic rings. The first kappa shape index (κ1) is 17.1. The number of hydrogen-bond donors (Lipinski definition) is 2. The van der Waals surface area contributed by atoms with Crippen LogP contribution in [0.3, 0.4) is 0 Å². The minimum absolute atomic E-state index is 0. The second kappa shape index (κ2) is 6.86. The third-order valence-electron chi connectivity index (χ3n) is 3.40. The minimum atomic E-state index is -1.20. The van der Waals surface area contributed by atoms with Gasteiger partial charge in [-0.15, -0.1) is 12.4 Å². The van der Waals surface area contributed by atoms with Crippen LogP contribution in [-0.2, 0) is 0 Å². The Kier molecular flexibility index (Phi) is 4.87. The fraction of sp³-hybridized carbons (Fsp3) is 0. The highest BCUT2D eigenvalue weighted by molar-refractivity contribution is 5.91. The van der Waals surface area contributed by atoms with Crippen LogP contribution in [-0.4, -0.2) is 25.7 Å². The summed E-state index contributed by atoms with van der Waals surface area (Å²) >= 11 is 0. The molecule has 0 aliphatic heterocycles. The number of rotatable bonds is 3. The second-order valence-electron chi connectivity index (χ2n) is 4.83. The molecule has 1 aromatic carbocycles.